The van der Waals surface area contributed by atoms with Crippen molar-refractivity contribution in [1.29, 1.82) is 0 Å². The van der Waals surface area contributed by atoms with Gasteiger partial charge in [0.2, 0.25) is 0 Å². The number of H-pyrrole nitrogens is 1. The molecule has 6 unspecified atom stereocenters. The summed E-state index contributed by atoms with van der Waals surface area (Å²) in [5.41, 5.74) is -1.38. The van der Waals surface area contributed by atoms with Gasteiger partial charge in [0.15, 0.2) is 16.7 Å². The Kier molecular flexibility index (Phi) is 5.91. The number of thioether (sulfide) groups is 1. The van der Waals surface area contributed by atoms with E-state index in [2.05, 4.69) is 16.9 Å². The first-order valence-corrected chi connectivity index (χ1v) is 14.5. The normalized spacial score (nSPS) is 39.9. The van der Waals surface area contributed by atoms with Crippen molar-refractivity contribution in [1.82, 2.24) is 9.97 Å². The average molecular weight is 535 g/mol. The predicted molar refractivity (Wildman–Crippen MR) is 146 cm³/mol. The lowest BCUT2D eigenvalue weighted by Gasteiger charge is -2.59. The minimum absolute atomic E-state index is 0.000251. The van der Waals surface area contributed by atoms with Gasteiger partial charge in [-0.05, 0) is 67.7 Å². The lowest BCUT2D eigenvalue weighted by molar-refractivity contribution is -0.179. The van der Waals surface area contributed by atoms with Gasteiger partial charge in [-0.15, -0.1) is 0 Å². The van der Waals surface area contributed by atoms with Crippen LogP contribution in [0.3, 0.4) is 0 Å². The standard InChI is InChI=1S/C30H34N2O5S/c1-16-12-21-19-9-8-17-13-18(33)10-11-28(17,2)25(19)23(34)14-29(21,3)30(16,37)24(35)15-38-27-31-22-7-5-4-6-20(22)26(36)32-27/h4-7,10-11,13,16,19,21,23,25,34,37H,8-9,12,14-15H2,1-3H3,(H,31,32,36)/t16-,19?,21?,23?,25?,28?,29?,30+/m1/s1. The van der Waals surface area contributed by atoms with Crippen LogP contribution in [0.25, 0.3) is 10.9 Å². The van der Waals surface area contributed by atoms with Gasteiger partial charge in [-0.25, -0.2) is 4.98 Å². The van der Waals surface area contributed by atoms with Gasteiger partial charge in [0.25, 0.3) is 5.56 Å². The summed E-state index contributed by atoms with van der Waals surface area (Å²) in [5.74, 6) is -0.423. The van der Waals surface area contributed by atoms with Crippen LogP contribution in [0.2, 0.25) is 0 Å². The SMILES string of the molecule is C[C@@H]1CC2C3CCC4=CC(=O)C=CC4(C)C3C(O)CC2(C)[C@@]1(O)C(=O)CSc1nc2ccccc2c(=O)[nH]1. The minimum Gasteiger partial charge on any atom is -0.393 e. The number of hydrogen-bond acceptors (Lipinski definition) is 7. The van der Waals surface area contributed by atoms with Crippen molar-refractivity contribution in [3.63, 3.8) is 0 Å². The number of benzene rings is 1. The Morgan fingerprint density at radius 1 is 1.24 bits per heavy atom. The third-order valence-electron chi connectivity index (χ3n) is 10.4. The second kappa shape index (κ2) is 8.73. The van der Waals surface area contributed by atoms with Gasteiger partial charge in [0, 0.05) is 16.7 Å². The zero-order valence-corrected chi connectivity index (χ0v) is 22.8. The molecule has 0 radical (unpaired) electrons. The van der Waals surface area contributed by atoms with Crippen LogP contribution >= 0.6 is 11.8 Å². The van der Waals surface area contributed by atoms with Crippen molar-refractivity contribution in [3.05, 3.63) is 58.4 Å². The largest absolute Gasteiger partial charge is 0.393 e. The van der Waals surface area contributed by atoms with E-state index >= 15 is 0 Å². The Balaban J connectivity index is 1.28. The molecule has 7 nitrogen and oxygen atoms in total. The summed E-state index contributed by atoms with van der Waals surface area (Å²) < 4.78 is 0. The molecule has 6 rings (SSSR count). The molecule has 0 amide bonds. The van der Waals surface area contributed by atoms with E-state index in [-0.39, 0.29) is 46.6 Å². The van der Waals surface area contributed by atoms with Gasteiger partial charge in [0.05, 0.1) is 22.8 Å². The summed E-state index contributed by atoms with van der Waals surface area (Å²) in [6.45, 7) is 6.04. The highest BCUT2D eigenvalue weighted by molar-refractivity contribution is 7.99. The monoisotopic (exact) mass is 534 g/mol. The number of aromatic nitrogens is 2. The summed E-state index contributed by atoms with van der Waals surface area (Å²) in [6, 6.07) is 7.06. The van der Waals surface area contributed by atoms with E-state index in [0.29, 0.717) is 28.9 Å². The number of Topliss-reactive ketones (excluding diaryl/α,β-unsaturated/α-hetero) is 1. The molecule has 3 N–H and O–H groups in total. The van der Waals surface area contributed by atoms with E-state index in [4.69, 9.17) is 0 Å². The number of aliphatic hydroxyl groups is 2. The molecule has 0 aliphatic heterocycles. The first-order chi connectivity index (χ1) is 18.0. The molecule has 1 heterocycles. The lowest BCUT2D eigenvalue weighted by Crippen LogP contribution is -2.62. The number of fused-ring (bicyclic) bond motifs is 6. The third-order valence-corrected chi connectivity index (χ3v) is 11.3. The summed E-state index contributed by atoms with van der Waals surface area (Å²) in [4.78, 5) is 45.6. The minimum atomic E-state index is -1.59. The number of ketones is 2. The van der Waals surface area contributed by atoms with Crippen LogP contribution in [0.5, 0.6) is 0 Å². The van der Waals surface area contributed by atoms with Crippen molar-refractivity contribution in [2.24, 2.45) is 34.5 Å². The number of aliphatic hydroxyl groups excluding tert-OH is 1. The molecule has 3 saturated carbocycles. The highest BCUT2D eigenvalue weighted by Gasteiger charge is 2.70. The van der Waals surface area contributed by atoms with Crippen LogP contribution in [-0.4, -0.2) is 49.2 Å². The summed E-state index contributed by atoms with van der Waals surface area (Å²) >= 11 is 1.13. The molecule has 200 valence electrons. The fourth-order valence-corrected chi connectivity index (χ4v) is 9.45. The quantitative estimate of drug-likeness (QED) is 0.403. The van der Waals surface area contributed by atoms with Crippen molar-refractivity contribution < 1.29 is 19.8 Å². The molecule has 38 heavy (non-hydrogen) atoms. The molecule has 0 bridgehead atoms. The zero-order chi connectivity index (χ0) is 27.0. The fraction of sp³-hybridized carbons (Fsp3) is 0.533. The second-order valence-electron chi connectivity index (χ2n) is 12.2. The Morgan fingerprint density at radius 2 is 2.00 bits per heavy atom. The van der Waals surface area contributed by atoms with Crippen molar-refractivity contribution in [2.75, 3.05) is 5.75 Å². The number of para-hydroxylation sites is 1. The van der Waals surface area contributed by atoms with E-state index in [1.165, 1.54) is 0 Å². The van der Waals surface area contributed by atoms with Gasteiger partial charge in [-0.3, -0.25) is 14.4 Å². The Morgan fingerprint density at radius 3 is 2.79 bits per heavy atom. The molecule has 1 aromatic carbocycles. The smallest absolute Gasteiger partial charge is 0.259 e. The molecule has 8 atom stereocenters. The van der Waals surface area contributed by atoms with E-state index in [1.807, 2.05) is 26.0 Å². The molecule has 4 aliphatic carbocycles. The molecule has 2 aromatic rings. The predicted octanol–water partition coefficient (Wildman–Crippen LogP) is 3.84. The molecular weight excluding hydrogens is 500 g/mol. The maximum Gasteiger partial charge on any atom is 0.259 e. The summed E-state index contributed by atoms with van der Waals surface area (Å²) in [6.07, 6.45) is 7.26. The van der Waals surface area contributed by atoms with E-state index in [9.17, 15) is 24.6 Å². The Bertz CT molecular complexity index is 1460. The highest BCUT2D eigenvalue weighted by atomic mass is 32.2. The van der Waals surface area contributed by atoms with Crippen molar-refractivity contribution >= 4 is 34.2 Å². The van der Waals surface area contributed by atoms with Crippen LogP contribution in [0, 0.1) is 34.5 Å². The molecule has 8 heteroatoms. The number of carbonyl (C=O) groups excluding carboxylic acids is 2. The van der Waals surface area contributed by atoms with E-state index in [0.717, 1.165) is 30.2 Å². The molecule has 1 aromatic heterocycles. The zero-order valence-electron chi connectivity index (χ0n) is 21.9. The molecule has 3 fully saturated rings. The molecular formula is C30H34N2O5S. The van der Waals surface area contributed by atoms with Crippen LogP contribution in [0.15, 0.2) is 58.0 Å². The van der Waals surface area contributed by atoms with Crippen LogP contribution in [0.1, 0.15) is 46.5 Å². The first-order valence-electron chi connectivity index (χ1n) is 13.5. The van der Waals surface area contributed by atoms with Gasteiger partial charge in [-0.1, -0.05) is 56.3 Å². The van der Waals surface area contributed by atoms with E-state index < -0.39 is 22.5 Å². The number of rotatable bonds is 4. The van der Waals surface area contributed by atoms with Crippen LogP contribution < -0.4 is 5.56 Å². The first kappa shape index (κ1) is 25.7. The number of nitrogens with one attached hydrogen (secondary N) is 1. The molecule has 4 aliphatic rings. The summed E-state index contributed by atoms with van der Waals surface area (Å²) in [5, 5.41) is 24.6. The maximum absolute atomic E-state index is 13.8. The fourth-order valence-electron chi connectivity index (χ4n) is 8.63. The molecule has 0 saturated heterocycles. The Hall–Kier alpha value is -2.55. The Labute approximate surface area is 225 Å². The van der Waals surface area contributed by atoms with E-state index in [1.54, 1.807) is 30.4 Å². The number of nitrogens with zero attached hydrogens (tertiary/aromatic N) is 1. The number of hydrogen-bond donors (Lipinski definition) is 3. The lowest BCUT2D eigenvalue weighted by atomic mass is 9.46. The topological polar surface area (TPSA) is 120 Å². The van der Waals surface area contributed by atoms with Crippen molar-refractivity contribution in [2.45, 2.75) is 63.3 Å². The van der Waals surface area contributed by atoms with Gasteiger partial charge in [0.1, 0.15) is 5.60 Å². The number of aromatic amines is 1. The third kappa shape index (κ3) is 3.49. The maximum atomic E-state index is 13.8. The summed E-state index contributed by atoms with van der Waals surface area (Å²) in [7, 11) is 0. The van der Waals surface area contributed by atoms with Crippen molar-refractivity contribution in [3.8, 4) is 0 Å². The molecule has 0 spiro atoms. The number of allylic oxidation sites excluding steroid dienone is 4. The highest BCUT2D eigenvalue weighted by Crippen LogP contribution is 2.68. The second-order valence-corrected chi connectivity index (χ2v) is 13.2. The average Bonchev–Trinajstić information content (AvgIpc) is 3.08. The van der Waals surface area contributed by atoms with Crippen LogP contribution in [-0.2, 0) is 9.59 Å². The van der Waals surface area contributed by atoms with Gasteiger partial charge in [-0.2, -0.15) is 0 Å². The van der Waals surface area contributed by atoms with Gasteiger partial charge < -0.3 is 15.2 Å². The number of carbonyl (C=O) groups is 2. The van der Waals surface area contributed by atoms with Crippen LogP contribution in [0.4, 0.5) is 0 Å². The van der Waals surface area contributed by atoms with Gasteiger partial charge >= 0.3 is 0 Å².